The summed E-state index contributed by atoms with van der Waals surface area (Å²) >= 11 is 0. The lowest BCUT2D eigenvalue weighted by Gasteiger charge is -2.39. The molecule has 0 aliphatic carbocycles. The summed E-state index contributed by atoms with van der Waals surface area (Å²) in [6.45, 7) is 6.35. The normalized spacial score (nSPS) is 16.9. The standard InChI is InChI=1S/C22H26FNO3/c1-21(2,3)27-20(25)24-14-12-22(26,13-15-24)19-7-5-4-6-18(19)16-8-10-17(23)11-9-16/h4-11,26H,12-15H2,1-3H3. The summed E-state index contributed by atoms with van der Waals surface area (Å²) in [6, 6.07) is 13.9. The van der Waals surface area contributed by atoms with Crippen LogP contribution in [0.1, 0.15) is 39.2 Å². The number of carbonyl (C=O) groups excluding carboxylic acids is 1. The first kappa shape index (κ1) is 19.4. The molecule has 144 valence electrons. The Morgan fingerprint density at radius 2 is 1.67 bits per heavy atom. The number of ether oxygens (including phenoxy) is 1. The summed E-state index contributed by atoms with van der Waals surface area (Å²) in [4.78, 5) is 13.9. The molecule has 2 aromatic carbocycles. The van der Waals surface area contributed by atoms with Crippen molar-refractivity contribution in [2.45, 2.75) is 44.8 Å². The molecule has 1 N–H and O–H groups in total. The monoisotopic (exact) mass is 371 g/mol. The first-order valence-corrected chi connectivity index (χ1v) is 9.24. The molecule has 27 heavy (non-hydrogen) atoms. The van der Waals surface area contributed by atoms with Crippen LogP contribution in [0, 0.1) is 5.82 Å². The average Bonchev–Trinajstić information content (AvgIpc) is 2.61. The van der Waals surface area contributed by atoms with Crippen LogP contribution < -0.4 is 0 Å². The summed E-state index contributed by atoms with van der Waals surface area (Å²) in [6.07, 6.45) is 0.492. The van der Waals surface area contributed by atoms with E-state index in [4.69, 9.17) is 4.74 Å². The van der Waals surface area contributed by atoms with Gasteiger partial charge in [0, 0.05) is 13.1 Å². The molecule has 1 amide bonds. The quantitative estimate of drug-likeness (QED) is 0.832. The Hall–Kier alpha value is -2.40. The molecular weight excluding hydrogens is 345 g/mol. The highest BCUT2D eigenvalue weighted by Gasteiger charge is 2.38. The van der Waals surface area contributed by atoms with Crippen molar-refractivity contribution in [3.63, 3.8) is 0 Å². The fraction of sp³-hybridized carbons (Fsp3) is 0.409. The molecule has 1 aliphatic rings. The number of hydrogen-bond acceptors (Lipinski definition) is 3. The molecule has 0 atom stereocenters. The minimum absolute atomic E-state index is 0.291. The van der Waals surface area contributed by atoms with Crippen LogP contribution in [0.4, 0.5) is 9.18 Å². The van der Waals surface area contributed by atoms with Crippen LogP contribution >= 0.6 is 0 Å². The number of piperidine rings is 1. The number of amides is 1. The maximum absolute atomic E-state index is 13.3. The van der Waals surface area contributed by atoms with E-state index in [0.29, 0.717) is 25.9 Å². The van der Waals surface area contributed by atoms with E-state index in [1.807, 2.05) is 45.0 Å². The largest absolute Gasteiger partial charge is 0.444 e. The predicted octanol–water partition coefficient (Wildman–Crippen LogP) is 4.71. The third-order valence-corrected chi connectivity index (χ3v) is 4.83. The van der Waals surface area contributed by atoms with Crippen molar-refractivity contribution in [1.29, 1.82) is 0 Å². The maximum Gasteiger partial charge on any atom is 0.410 e. The highest BCUT2D eigenvalue weighted by atomic mass is 19.1. The minimum Gasteiger partial charge on any atom is -0.444 e. The second-order valence-electron chi connectivity index (χ2n) is 8.05. The van der Waals surface area contributed by atoms with Crippen LogP contribution in [0.15, 0.2) is 48.5 Å². The van der Waals surface area contributed by atoms with Crippen molar-refractivity contribution in [2.24, 2.45) is 0 Å². The molecule has 1 heterocycles. The van der Waals surface area contributed by atoms with Gasteiger partial charge in [0.1, 0.15) is 11.4 Å². The summed E-state index contributed by atoms with van der Waals surface area (Å²) in [7, 11) is 0. The highest BCUT2D eigenvalue weighted by molar-refractivity contribution is 5.70. The number of nitrogens with zero attached hydrogens (tertiary/aromatic N) is 1. The van der Waals surface area contributed by atoms with Crippen molar-refractivity contribution in [1.82, 2.24) is 4.90 Å². The molecular formula is C22H26FNO3. The molecule has 1 aliphatic heterocycles. The SMILES string of the molecule is CC(C)(C)OC(=O)N1CCC(O)(c2ccccc2-c2ccc(F)cc2)CC1. The van der Waals surface area contributed by atoms with Gasteiger partial charge in [-0.15, -0.1) is 0 Å². The Kier molecular flexibility index (Phi) is 5.24. The van der Waals surface area contributed by atoms with Gasteiger partial charge >= 0.3 is 6.09 Å². The summed E-state index contributed by atoms with van der Waals surface area (Å²) in [5.74, 6) is -0.291. The fourth-order valence-electron chi connectivity index (χ4n) is 3.43. The third-order valence-electron chi connectivity index (χ3n) is 4.83. The van der Waals surface area contributed by atoms with Gasteiger partial charge in [0.15, 0.2) is 0 Å². The molecule has 5 heteroatoms. The second-order valence-corrected chi connectivity index (χ2v) is 8.05. The van der Waals surface area contributed by atoms with Gasteiger partial charge in [0.25, 0.3) is 0 Å². The van der Waals surface area contributed by atoms with Gasteiger partial charge in [-0.3, -0.25) is 0 Å². The molecule has 0 bridgehead atoms. The predicted molar refractivity (Wildman–Crippen MR) is 103 cm³/mol. The van der Waals surface area contributed by atoms with Crippen molar-refractivity contribution >= 4 is 6.09 Å². The number of likely N-dealkylation sites (tertiary alicyclic amines) is 1. The van der Waals surface area contributed by atoms with E-state index < -0.39 is 11.2 Å². The van der Waals surface area contributed by atoms with Crippen molar-refractivity contribution in [3.8, 4) is 11.1 Å². The van der Waals surface area contributed by atoms with Crippen LogP contribution in [0.2, 0.25) is 0 Å². The zero-order valence-corrected chi connectivity index (χ0v) is 16.0. The first-order chi connectivity index (χ1) is 12.7. The van der Waals surface area contributed by atoms with E-state index >= 15 is 0 Å². The summed E-state index contributed by atoms with van der Waals surface area (Å²) in [5, 5.41) is 11.3. The van der Waals surface area contributed by atoms with Gasteiger partial charge in [0.2, 0.25) is 0 Å². The van der Waals surface area contributed by atoms with Crippen LogP contribution in [-0.2, 0) is 10.3 Å². The molecule has 0 aromatic heterocycles. The molecule has 2 aromatic rings. The van der Waals surface area contributed by atoms with Gasteiger partial charge < -0.3 is 14.7 Å². The maximum atomic E-state index is 13.3. The van der Waals surface area contributed by atoms with E-state index in [9.17, 15) is 14.3 Å². The van der Waals surface area contributed by atoms with Gasteiger partial charge in [0.05, 0.1) is 5.60 Å². The van der Waals surface area contributed by atoms with Gasteiger partial charge in [-0.25, -0.2) is 9.18 Å². The van der Waals surface area contributed by atoms with E-state index in [1.54, 1.807) is 17.0 Å². The first-order valence-electron chi connectivity index (χ1n) is 9.24. The van der Waals surface area contributed by atoms with Crippen molar-refractivity contribution in [3.05, 3.63) is 59.9 Å². The molecule has 1 fully saturated rings. The van der Waals surface area contributed by atoms with E-state index in [2.05, 4.69) is 0 Å². The van der Waals surface area contributed by atoms with Crippen LogP contribution in [0.25, 0.3) is 11.1 Å². The number of aliphatic hydroxyl groups is 1. The van der Waals surface area contributed by atoms with E-state index in [-0.39, 0.29) is 11.9 Å². The number of rotatable bonds is 2. The smallest absolute Gasteiger partial charge is 0.410 e. The Balaban J connectivity index is 1.80. The molecule has 0 spiro atoms. The van der Waals surface area contributed by atoms with E-state index in [1.165, 1.54) is 12.1 Å². The fourth-order valence-corrected chi connectivity index (χ4v) is 3.43. The molecule has 0 radical (unpaired) electrons. The molecule has 3 rings (SSSR count). The minimum atomic E-state index is -1.04. The highest BCUT2D eigenvalue weighted by Crippen LogP contribution is 2.39. The van der Waals surface area contributed by atoms with Crippen LogP contribution in [0.5, 0.6) is 0 Å². The van der Waals surface area contributed by atoms with Crippen LogP contribution in [-0.4, -0.2) is 34.8 Å². The Morgan fingerprint density at radius 3 is 2.26 bits per heavy atom. The number of hydrogen-bond donors (Lipinski definition) is 1. The van der Waals surface area contributed by atoms with Gasteiger partial charge in [-0.2, -0.15) is 0 Å². The average molecular weight is 371 g/mol. The second kappa shape index (κ2) is 7.31. The Labute approximate surface area is 159 Å². The Bertz CT molecular complexity index is 803. The molecule has 4 nitrogen and oxygen atoms in total. The summed E-state index contributed by atoms with van der Waals surface area (Å²) in [5.41, 5.74) is 0.963. The van der Waals surface area contributed by atoms with Gasteiger partial charge in [-0.1, -0.05) is 36.4 Å². The van der Waals surface area contributed by atoms with Crippen molar-refractivity contribution in [2.75, 3.05) is 13.1 Å². The summed E-state index contributed by atoms with van der Waals surface area (Å²) < 4.78 is 18.7. The lowest BCUT2D eigenvalue weighted by atomic mass is 9.80. The number of halogens is 1. The van der Waals surface area contributed by atoms with Crippen LogP contribution in [0.3, 0.4) is 0 Å². The zero-order chi connectivity index (χ0) is 19.7. The van der Waals surface area contributed by atoms with E-state index in [0.717, 1.165) is 16.7 Å². The topological polar surface area (TPSA) is 49.8 Å². The van der Waals surface area contributed by atoms with Crippen molar-refractivity contribution < 1.29 is 19.0 Å². The molecule has 0 unspecified atom stereocenters. The molecule has 1 saturated heterocycles. The number of benzene rings is 2. The molecule has 0 saturated carbocycles. The number of carbonyl (C=O) groups is 1. The Morgan fingerprint density at radius 1 is 1.07 bits per heavy atom. The zero-order valence-electron chi connectivity index (χ0n) is 16.0. The lowest BCUT2D eigenvalue weighted by molar-refractivity contribution is -0.0353. The third kappa shape index (κ3) is 4.48. The van der Waals surface area contributed by atoms with Gasteiger partial charge in [-0.05, 0) is 62.4 Å². The lowest BCUT2D eigenvalue weighted by Crippen LogP contribution is -2.47.